The van der Waals surface area contributed by atoms with Gasteiger partial charge in [0.2, 0.25) is 11.7 Å². The fraction of sp³-hybridized carbons (Fsp3) is 0. The average Bonchev–Trinajstić information content (AvgIpc) is 3.30. The Kier molecular flexibility index (Phi) is 2.43. The molecule has 0 aliphatic heterocycles. The van der Waals surface area contributed by atoms with Crippen LogP contribution in [0.3, 0.4) is 0 Å². The first-order valence-electron chi connectivity index (χ1n) is 7.18. The lowest BCUT2D eigenvalue weighted by molar-refractivity contribution is 0.533. The molecule has 0 saturated heterocycles. The lowest BCUT2D eigenvalue weighted by atomic mass is 10.2. The number of fused-ring (bicyclic) bond motifs is 2. The molecular weight excluding hydrogens is 292 g/mol. The van der Waals surface area contributed by atoms with Crippen molar-refractivity contribution in [2.24, 2.45) is 0 Å². The van der Waals surface area contributed by atoms with Gasteiger partial charge in [0.15, 0.2) is 11.2 Å². The van der Waals surface area contributed by atoms with Gasteiger partial charge in [-0.1, -0.05) is 24.3 Å². The Bertz CT molecular complexity index is 979. The van der Waals surface area contributed by atoms with E-state index < -0.39 is 0 Å². The van der Waals surface area contributed by atoms with Gasteiger partial charge in [-0.15, -0.1) is 0 Å². The summed E-state index contributed by atoms with van der Waals surface area (Å²) in [5, 5.41) is 0. The Hall–Kier alpha value is -3.34. The number of nitrogens with zero attached hydrogens (tertiary/aromatic N) is 2. The van der Waals surface area contributed by atoms with Crippen molar-refractivity contribution < 1.29 is 13.3 Å². The summed E-state index contributed by atoms with van der Waals surface area (Å²) in [4.78, 5) is 8.96. The number of hydrogen-bond acceptors (Lipinski definition) is 5. The Morgan fingerprint density at radius 2 is 1.26 bits per heavy atom. The van der Waals surface area contributed by atoms with E-state index in [2.05, 4.69) is 9.97 Å². The SMILES string of the molecule is c1ccc2oc(-c3ccoc3-c3nc4ccccc4o3)nc2c1. The first kappa shape index (κ1) is 12.2. The summed E-state index contributed by atoms with van der Waals surface area (Å²) in [5.74, 6) is 1.40. The van der Waals surface area contributed by atoms with E-state index in [0.717, 1.165) is 16.6 Å². The highest BCUT2D eigenvalue weighted by molar-refractivity contribution is 5.81. The van der Waals surface area contributed by atoms with Crippen LogP contribution in [0.4, 0.5) is 0 Å². The Morgan fingerprint density at radius 3 is 1.96 bits per heavy atom. The summed E-state index contributed by atoms with van der Waals surface area (Å²) in [6.45, 7) is 0. The fourth-order valence-corrected chi connectivity index (χ4v) is 2.60. The van der Waals surface area contributed by atoms with E-state index in [9.17, 15) is 0 Å². The minimum Gasteiger partial charge on any atom is -0.458 e. The molecule has 23 heavy (non-hydrogen) atoms. The molecule has 3 aromatic heterocycles. The van der Waals surface area contributed by atoms with Crippen molar-refractivity contribution in [2.45, 2.75) is 0 Å². The summed E-state index contributed by atoms with van der Waals surface area (Å²) in [5.41, 5.74) is 3.73. The van der Waals surface area contributed by atoms with Crippen molar-refractivity contribution in [3.63, 3.8) is 0 Å². The number of benzene rings is 2. The molecule has 5 heteroatoms. The van der Waals surface area contributed by atoms with Gasteiger partial charge >= 0.3 is 0 Å². The minimum atomic E-state index is 0.411. The summed E-state index contributed by atoms with van der Waals surface area (Å²) in [7, 11) is 0. The lowest BCUT2D eigenvalue weighted by Gasteiger charge is -1.93. The maximum atomic E-state index is 5.81. The largest absolute Gasteiger partial charge is 0.458 e. The van der Waals surface area contributed by atoms with Crippen LogP contribution in [0.2, 0.25) is 0 Å². The van der Waals surface area contributed by atoms with E-state index in [1.807, 2.05) is 48.5 Å². The molecule has 0 N–H and O–H groups in total. The van der Waals surface area contributed by atoms with Gasteiger partial charge in [-0.25, -0.2) is 9.97 Å². The molecule has 2 aromatic carbocycles. The van der Waals surface area contributed by atoms with E-state index in [1.165, 1.54) is 0 Å². The van der Waals surface area contributed by atoms with Crippen LogP contribution in [0.1, 0.15) is 0 Å². The van der Waals surface area contributed by atoms with Crippen LogP contribution < -0.4 is 0 Å². The van der Waals surface area contributed by atoms with Crippen LogP contribution in [-0.4, -0.2) is 9.97 Å². The molecule has 0 unspecified atom stereocenters. The maximum absolute atomic E-state index is 5.81. The van der Waals surface area contributed by atoms with Crippen molar-refractivity contribution >= 4 is 22.2 Å². The van der Waals surface area contributed by atoms with Gasteiger partial charge in [0.1, 0.15) is 11.0 Å². The highest BCUT2D eigenvalue weighted by Crippen LogP contribution is 2.35. The highest BCUT2D eigenvalue weighted by Gasteiger charge is 2.20. The molecule has 0 fully saturated rings. The van der Waals surface area contributed by atoms with E-state index in [4.69, 9.17) is 13.3 Å². The molecule has 110 valence electrons. The summed E-state index contributed by atoms with van der Waals surface area (Å²) < 4.78 is 17.2. The monoisotopic (exact) mass is 302 g/mol. The summed E-state index contributed by atoms with van der Waals surface area (Å²) in [6, 6.07) is 17.0. The molecule has 0 radical (unpaired) electrons. The third-order valence-corrected chi connectivity index (χ3v) is 3.68. The standard InChI is InChI=1S/C18H10N2O3/c1-3-7-14-12(5-1)19-17(22-14)11-9-10-21-16(11)18-20-13-6-2-4-8-15(13)23-18/h1-10H. The number of oxazole rings is 2. The van der Waals surface area contributed by atoms with Gasteiger partial charge in [-0.3, -0.25) is 0 Å². The van der Waals surface area contributed by atoms with E-state index in [-0.39, 0.29) is 0 Å². The molecule has 0 bridgehead atoms. The van der Waals surface area contributed by atoms with Crippen molar-refractivity contribution in [3.05, 3.63) is 60.9 Å². The van der Waals surface area contributed by atoms with Gasteiger partial charge in [0.25, 0.3) is 5.89 Å². The van der Waals surface area contributed by atoms with Gasteiger partial charge in [0, 0.05) is 0 Å². The third kappa shape index (κ3) is 1.87. The summed E-state index contributed by atoms with van der Waals surface area (Å²) >= 11 is 0. The second kappa shape index (κ2) is 4.58. The molecule has 3 heterocycles. The van der Waals surface area contributed by atoms with Crippen LogP contribution in [0, 0.1) is 0 Å². The molecule has 0 aliphatic carbocycles. The number of aromatic nitrogens is 2. The normalized spacial score (nSPS) is 11.5. The van der Waals surface area contributed by atoms with Gasteiger partial charge in [0.05, 0.1) is 11.8 Å². The average molecular weight is 302 g/mol. The van der Waals surface area contributed by atoms with Crippen LogP contribution in [0.25, 0.3) is 45.3 Å². The topological polar surface area (TPSA) is 65.2 Å². The third-order valence-electron chi connectivity index (χ3n) is 3.68. The van der Waals surface area contributed by atoms with Crippen molar-refractivity contribution in [1.29, 1.82) is 0 Å². The molecule has 0 saturated carbocycles. The van der Waals surface area contributed by atoms with Crippen LogP contribution in [0.15, 0.2) is 74.1 Å². The van der Waals surface area contributed by atoms with E-state index in [1.54, 1.807) is 12.3 Å². The molecular formula is C18H10N2O3. The van der Waals surface area contributed by atoms with Crippen molar-refractivity contribution in [2.75, 3.05) is 0 Å². The minimum absolute atomic E-state index is 0.411. The zero-order valence-electron chi connectivity index (χ0n) is 11.9. The predicted molar refractivity (Wildman–Crippen MR) is 84.7 cm³/mol. The molecule has 5 nitrogen and oxygen atoms in total. The first-order valence-corrected chi connectivity index (χ1v) is 7.18. The number of para-hydroxylation sites is 4. The van der Waals surface area contributed by atoms with E-state index in [0.29, 0.717) is 28.7 Å². The Balaban J connectivity index is 1.69. The summed E-state index contributed by atoms with van der Waals surface area (Å²) in [6.07, 6.45) is 1.58. The zero-order chi connectivity index (χ0) is 15.2. The maximum Gasteiger partial charge on any atom is 0.264 e. The van der Waals surface area contributed by atoms with Gasteiger partial charge < -0.3 is 13.3 Å². The molecule has 5 rings (SSSR count). The van der Waals surface area contributed by atoms with Gasteiger partial charge in [-0.05, 0) is 30.3 Å². The van der Waals surface area contributed by atoms with Crippen LogP contribution >= 0.6 is 0 Å². The molecule has 5 aromatic rings. The molecule has 0 spiro atoms. The lowest BCUT2D eigenvalue weighted by Crippen LogP contribution is -1.79. The highest BCUT2D eigenvalue weighted by atomic mass is 16.4. The van der Waals surface area contributed by atoms with Crippen LogP contribution in [-0.2, 0) is 0 Å². The number of rotatable bonds is 2. The second-order valence-corrected chi connectivity index (χ2v) is 5.14. The molecule has 0 amide bonds. The molecule has 0 aliphatic rings. The van der Waals surface area contributed by atoms with Gasteiger partial charge in [-0.2, -0.15) is 0 Å². The number of hydrogen-bond donors (Lipinski definition) is 0. The molecule has 0 atom stereocenters. The van der Waals surface area contributed by atoms with Crippen molar-refractivity contribution in [1.82, 2.24) is 9.97 Å². The number of furan rings is 1. The van der Waals surface area contributed by atoms with Crippen LogP contribution in [0.5, 0.6) is 0 Å². The zero-order valence-corrected chi connectivity index (χ0v) is 11.9. The van der Waals surface area contributed by atoms with E-state index >= 15 is 0 Å². The second-order valence-electron chi connectivity index (χ2n) is 5.14. The quantitative estimate of drug-likeness (QED) is 0.464. The first-order chi connectivity index (χ1) is 11.4. The smallest absolute Gasteiger partial charge is 0.264 e. The Morgan fingerprint density at radius 1 is 0.652 bits per heavy atom. The fourth-order valence-electron chi connectivity index (χ4n) is 2.60. The predicted octanol–water partition coefficient (Wildman–Crippen LogP) is 4.90. The van der Waals surface area contributed by atoms with Crippen molar-refractivity contribution in [3.8, 4) is 23.1 Å². The Labute approximate surface area is 130 Å².